The average molecular weight is 516 g/mol. The minimum atomic E-state index is -2.06. The van der Waals surface area contributed by atoms with Gasteiger partial charge < -0.3 is 9.47 Å². The van der Waals surface area contributed by atoms with E-state index in [1.54, 1.807) is 38.1 Å². The Morgan fingerprint density at radius 2 is 1.35 bits per heavy atom. The van der Waals surface area contributed by atoms with Crippen molar-refractivity contribution in [2.24, 2.45) is 16.3 Å². The highest BCUT2D eigenvalue weighted by atomic mass is 32.2. The molecule has 3 aromatic carbocycles. The van der Waals surface area contributed by atoms with Gasteiger partial charge in [-0.1, -0.05) is 90.1 Å². The van der Waals surface area contributed by atoms with Crippen LogP contribution in [0.15, 0.2) is 89.9 Å². The lowest BCUT2D eigenvalue weighted by Gasteiger charge is -2.31. The van der Waals surface area contributed by atoms with Gasteiger partial charge in [0.1, 0.15) is 5.04 Å². The Labute approximate surface area is 221 Å². The summed E-state index contributed by atoms with van der Waals surface area (Å²) in [5, 5.41) is -0.386. The number of ether oxygens (including phenoxy) is 2. The van der Waals surface area contributed by atoms with Crippen LogP contribution >= 0.6 is 11.8 Å². The first-order chi connectivity index (χ1) is 17.9. The fourth-order valence-electron chi connectivity index (χ4n) is 4.51. The van der Waals surface area contributed by atoms with Crippen molar-refractivity contribution in [2.45, 2.75) is 26.0 Å². The van der Waals surface area contributed by atoms with Crippen LogP contribution in [0.2, 0.25) is 0 Å². The summed E-state index contributed by atoms with van der Waals surface area (Å²) < 4.78 is 11.0. The zero-order valence-corrected chi connectivity index (χ0v) is 21.9. The molecule has 1 fully saturated rings. The molecule has 1 saturated heterocycles. The van der Waals surface area contributed by atoms with Gasteiger partial charge in [0.15, 0.2) is 5.78 Å². The van der Waals surface area contributed by atoms with Crippen molar-refractivity contribution in [3.8, 4) is 0 Å². The van der Waals surface area contributed by atoms with E-state index < -0.39 is 28.5 Å². The first-order valence-corrected chi connectivity index (χ1v) is 13.1. The Hall–Kier alpha value is -3.71. The van der Waals surface area contributed by atoms with Crippen molar-refractivity contribution in [3.63, 3.8) is 0 Å². The monoisotopic (exact) mass is 515 g/mol. The molecule has 3 aromatic rings. The van der Waals surface area contributed by atoms with Gasteiger partial charge in [0.25, 0.3) is 0 Å². The molecule has 0 spiro atoms. The van der Waals surface area contributed by atoms with Crippen LogP contribution in [0.25, 0.3) is 0 Å². The van der Waals surface area contributed by atoms with Crippen LogP contribution in [0.5, 0.6) is 0 Å². The van der Waals surface area contributed by atoms with Crippen LogP contribution in [0.3, 0.4) is 0 Å². The summed E-state index contributed by atoms with van der Waals surface area (Å²) in [5.74, 6) is -3.15. The van der Waals surface area contributed by atoms with Crippen molar-refractivity contribution in [1.82, 2.24) is 0 Å². The van der Waals surface area contributed by atoms with Crippen LogP contribution in [-0.2, 0) is 19.1 Å². The molecule has 0 radical (unpaired) electrons. The molecule has 37 heavy (non-hydrogen) atoms. The van der Waals surface area contributed by atoms with E-state index >= 15 is 0 Å². The lowest BCUT2D eigenvalue weighted by Crippen LogP contribution is -2.52. The number of carbonyl (C=O) groups is 3. The molecular formula is C30H29NO5S. The number of Topliss-reactive ketones (excluding diaryl/α,β-unsaturated/α-hetero) is 1. The second-order valence-electron chi connectivity index (χ2n) is 8.66. The molecule has 0 unspecified atom stereocenters. The van der Waals surface area contributed by atoms with E-state index in [0.717, 1.165) is 11.1 Å². The van der Waals surface area contributed by atoms with Gasteiger partial charge in [-0.15, -0.1) is 0 Å². The molecule has 0 saturated carbocycles. The van der Waals surface area contributed by atoms with E-state index in [4.69, 9.17) is 14.5 Å². The summed E-state index contributed by atoms with van der Waals surface area (Å²) in [6.45, 7) is 5.36. The quantitative estimate of drug-likeness (QED) is 0.204. The summed E-state index contributed by atoms with van der Waals surface area (Å²) in [6, 6.07) is 25.5. The van der Waals surface area contributed by atoms with Crippen LogP contribution < -0.4 is 0 Å². The number of esters is 2. The van der Waals surface area contributed by atoms with Gasteiger partial charge in [-0.3, -0.25) is 14.4 Å². The predicted octanol–water partition coefficient (Wildman–Crippen LogP) is 6.12. The first-order valence-electron chi connectivity index (χ1n) is 12.2. The van der Waals surface area contributed by atoms with Gasteiger partial charge in [-0.05, 0) is 38.5 Å². The molecule has 0 amide bonds. The Balaban J connectivity index is 2.02. The highest BCUT2D eigenvalue weighted by molar-refractivity contribution is 8.14. The molecule has 4 rings (SSSR count). The van der Waals surface area contributed by atoms with E-state index in [9.17, 15) is 14.4 Å². The van der Waals surface area contributed by atoms with Gasteiger partial charge in [0.2, 0.25) is 5.41 Å². The number of thioether (sulfide) groups is 1. The number of carbonyl (C=O) groups excluding carboxylic acids is 3. The summed E-state index contributed by atoms with van der Waals surface area (Å²) in [5.41, 5.74) is 0.738. The summed E-state index contributed by atoms with van der Waals surface area (Å²) in [7, 11) is 0. The van der Waals surface area contributed by atoms with Crippen LogP contribution in [0.1, 0.15) is 40.6 Å². The molecule has 0 N–H and O–H groups in total. The van der Waals surface area contributed by atoms with Crippen LogP contribution in [0, 0.1) is 18.3 Å². The molecule has 0 bridgehead atoms. The lowest BCUT2D eigenvalue weighted by molar-refractivity contribution is -0.168. The molecule has 1 heterocycles. The average Bonchev–Trinajstić information content (AvgIpc) is 3.26. The maximum Gasteiger partial charge on any atom is 0.331 e. The summed E-state index contributed by atoms with van der Waals surface area (Å²) in [6.07, 6.45) is 0. The number of hydrogen-bond acceptors (Lipinski definition) is 7. The molecule has 1 aliphatic heterocycles. The number of aliphatic imine (C=N–C) groups is 1. The number of hydrogen-bond donors (Lipinski definition) is 0. The third kappa shape index (κ3) is 5.09. The van der Waals surface area contributed by atoms with Gasteiger partial charge in [-0.2, -0.15) is 0 Å². The number of ketones is 1. The molecule has 6 nitrogen and oxygen atoms in total. The van der Waals surface area contributed by atoms with Gasteiger partial charge in [0.05, 0.1) is 24.8 Å². The zero-order chi connectivity index (χ0) is 26.4. The second-order valence-corrected chi connectivity index (χ2v) is 9.79. The van der Waals surface area contributed by atoms with Crippen molar-refractivity contribution in [2.75, 3.05) is 13.2 Å². The number of aryl methyl sites for hydroxylation is 1. The first kappa shape index (κ1) is 26.4. The third-order valence-corrected chi connectivity index (χ3v) is 7.71. The SMILES string of the molecule is CCOC(=O)C1(C(=O)OCC)C(=Nc2ccc(C)cc2)S[C@H](c2ccccc2)[C@H]1C(=O)c1ccccc1. The van der Waals surface area contributed by atoms with Crippen molar-refractivity contribution in [3.05, 3.63) is 102 Å². The smallest absolute Gasteiger partial charge is 0.331 e. The van der Waals surface area contributed by atoms with E-state index in [0.29, 0.717) is 11.3 Å². The predicted molar refractivity (Wildman–Crippen MR) is 145 cm³/mol. The minimum absolute atomic E-state index is 0.0325. The van der Waals surface area contributed by atoms with E-state index in [2.05, 4.69) is 0 Å². The Kier molecular flexibility index (Phi) is 8.24. The number of nitrogens with zero attached hydrogens (tertiary/aromatic N) is 1. The normalized spacial score (nSPS) is 19.4. The highest BCUT2D eigenvalue weighted by Gasteiger charge is 2.68. The van der Waals surface area contributed by atoms with Crippen LogP contribution in [0.4, 0.5) is 5.69 Å². The number of rotatable bonds is 8. The van der Waals surface area contributed by atoms with Gasteiger partial charge in [-0.25, -0.2) is 4.99 Å². The molecule has 190 valence electrons. The molecule has 0 aromatic heterocycles. The van der Waals surface area contributed by atoms with Gasteiger partial charge >= 0.3 is 11.9 Å². The Morgan fingerprint density at radius 3 is 1.89 bits per heavy atom. The van der Waals surface area contributed by atoms with Crippen molar-refractivity contribution < 1.29 is 23.9 Å². The maximum absolute atomic E-state index is 14.2. The topological polar surface area (TPSA) is 82.0 Å². The maximum atomic E-state index is 14.2. The van der Waals surface area contributed by atoms with E-state index in [1.807, 2.05) is 67.6 Å². The fraction of sp³-hybridized carbons (Fsp3) is 0.267. The number of benzene rings is 3. The van der Waals surface area contributed by atoms with Gasteiger partial charge in [0, 0.05) is 10.8 Å². The van der Waals surface area contributed by atoms with Crippen LogP contribution in [-0.4, -0.2) is 36.0 Å². The standard InChI is InChI=1S/C30H29NO5S/c1-4-35-28(33)30(29(34)36-5-2)24(25(32)21-12-8-6-9-13-21)26(22-14-10-7-11-15-22)37-27(30)31-23-18-16-20(3)17-19-23/h6-19,24,26H,4-5H2,1-3H3/t24-,26-/m1/s1. The molecular weight excluding hydrogens is 486 g/mol. The minimum Gasteiger partial charge on any atom is -0.465 e. The van der Waals surface area contributed by atoms with E-state index in [-0.39, 0.29) is 24.0 Å². The highest BCUT2D eigenvalue weighted by Crippen LogP contribution is 2.59. The molecule has 2 atom stereocenters. The van der Waals surface area contributed by atoms with Crippen molar-refractivity contribution >= 4 is 40.2 Å². The largest absolute Gasteiger partial charge is 0.465 e. The Morgan fingerprint density at radius 1 is 0.811 bits per heavy atom. The second kappa shape index (κ2) is 11.6. The Bertz CT molecular complexity index is 1270. The summed E-state index contributed by atoms with van der Waals surface area (Å²) in [4.78, 5) is 46.8. The fourth-order valence-corrected chi connectivity index (χ4v) is 6.15. The molecule has 1 aliphatic rings. The molecule has 7 heteroatoms. The van der Waals surface area contributed by atoms with Crippen molar-refractivity contribution in [1.29, 1.82) is 0 Å². The summed E-state index contributed by atoms with van der Waals surface area (Å²) >= 11 is 1.24. The third-order valence-electron chi connectivity index (χ3n) is 6.27. The zero-order valence-electron chi connectivity index (χ0n) is 21.0. The lowest BCUT2D eigenvalue weighted by atomic mass is 9.69. The molecule has 0 aliphatic carbocycles. The van der Waals surface area contributed by atoms with E-state index in [1.165, 1.54) is 11.8 Å².